The standard InChI is InChI=1S/C16H15NO4S/c1-10-6-7-22-15(10)16(20)21-9-14(19)17-13-5-3-4-12(8-13)11(2)18/h3-8H,9H2,1-2H3,(H,17,19). The zero-order valence-corrected chi connectivity index (χ0v) is 13.0. The van der Waals surface area contributed by atoms with Crippen molar-refractivity contribution in [1.82, 2.24) is 0 Å². The first-order valence-electron chi connectivity index (χ1n) is 6.59. The Labute approximate surface area is 131 Å². The molecule has 0 aliphatic heterocycles. The number of anilines is 1. The lowest BCUT2D eigenvalue weighted by Crippen LogP contribution is -2.21. The van der Waals surface area contributed by atoms with Gasteiger partial charge in [-0.1, -0.05) is 12.1 Å². The highest BCUT2D eigenvalue weighted by Crippen LogP contribution is 2.16. The number of nitrogens with one attached hydrogen (secondary N) is 1. The number of carbonyl (C=O) groups is 3. The van der Waals surface area contributed by atoms with E-state index in [1.54, 1.807) is 36.6 Å². The molecule has 114 valence electrons. The Morgan fingerprint density at radius 3 is 2.64 bits per heavy atom. The fourth-order valence-electron chi connectivity index (χ4n) is 1.79. The van der Waals surface area contributed by atoms with Gasteiger partial charge in [0.2, 0.25) is 0 Å². The lowest BCUT2D eigenvalue weighted by molar-refractivity contribution is -0.119. The average Bonchev–Trinajstić information content (AvgIpc) is 2.91. The predicted molar refractivity (Wildman–Crippen MR) is 84.4 cm³/mol. The molecule has 0 atom stereocenters. The van der Waals surface area contributed by atoms with Crippen molar-refractivity contribution in [3.8, 4) is 0 Å². The van der Waals surface area contributed by atoms with E-state index in [4.69, 9.17) is 4.74 Å². The van der Waals surface area contributed by atoms with Gasteiger partial charge < -0.3 is 10.1 Å². The summed E-state index contributed by atoms with van der Waals surface area (Å²) in [6, 6.07) is 8.39. The van der Waals surface area contributed by atoms with Gasteiger partial charge in [-0.15, -0.1) is 11.3 Å². The first kappa shape index (κ1) is 15.9. The minimum atomic E-state index is -0.514. The Morgan fingerprint density at radius 2 is 2.00 bits per heavy atom. The van der Waals surface area contributed by atoms with Crippen LogP contribution in [0.15, 0.2) is 35.7 Å². The highest BCUT2D eigenvalue weighted by atomic mass is 32.1. The van der Waals surface area contributed by atoms with E-state index >= 15 is 0 Å². The second kappa shape index (κ2) is 7.00. The second-order valence-corrected chi connectivity index (χ2v) is 5.61. The van der Waals surface area contributed by atoms with Crippen LogP contribution in [0, 0.1) is 6.92 Å². The number of Topliss-reactive ketones (excluding diaryl/α,β-unsaturated/α-hetero) is 1. The summed E-state index contributed by atoms with van der Waals surface area (Å²) in [4.78, 5) is 35.3. The number of thiophene rings is 1. The summed E-state index contributed by atoms with van der Waals surface area (Å²) in [6.07, 6.45) is 0. The Morgan fingerprint density at radius 1 is 1.23 bits per heavy atom. The third-order valence-corrected chi connectivity index (χ3v) is 3.93. The van der Waals surface area contributed by atoms with Crippen LogP contribution in [0.1, 0.15) is 32.5 Å². The van der Waals surface area contributed by atoms with Crippen molar-refractivity contribution >= 4 is 34.7 Å². The van der Waals surface area contributed by atoms with E-state index in [0.717, 1.165) is 5.56 Å². The first-order chi connectivity index (χ1) is 10.5. The second-order valence-electron chi connectivity index (χ2n) is 4.69. The maximum atomic E-state index is 11.8. The van der Waals surface area contributed by atoms with E-state index in [-0.39, 0.29) is 12.4 Å². The molecule has 0 spiro atoms. The van der Waals surface area contributed by atoms with Crippen LogP contribution < -0.4 is 5.32 Å². The SMILES string of the molecule is CC(=O)c1cccc(NC(=O)COC(=O)c2sccc2C)c1. The van der Waals surface area contributed by atoms with Gasteiger partial charge in [0.05, 0.1) is 0 Å². The van der Waals surface area contributed by atoms with Crippen molar-refractivity contribution in [1.29, 1.82) is 0 Å². The quantitative estimate of drug-likeness (QED) is 0.679. The summed E-state index contributed by atoms with van der Waals surface area (Å²) in [5.74, 6) is -1.06. The largest absolute Gasteiger partial charge is 0.451 e. The molecule has 0 bridgehead atoms. The molecule has 1 amide bonds. The van der Waals surface area contributed by atoms with Crippen LogP contribution in [0.5, 0.6) is 0 Å². The van der Waals surface area contributed by atoms with Gasteiger partial charge in [0.15, 0.2) is 12.4 Å². The lowest BCUT2D eigenvalue weighted by Gasteiger charge is -2.07. The molecule has 1 heterocycles. The van der Waals surface area contributed by atoms with E-state index in [2.05, 4.69) is 5.32 Å². The third-order valence-electron chi connectivity index (χ3n) is 2.93. The number of esters is 1. The zero-order valence-electron chi connectivity index (χ0n) is 12.2. The Kier molecular flexibility index (Phi) is 5.06. The molecule has 0 unspecified atom stereocenters. The molecule has 2 rings (SSSR count). The molecule has 6 heteroatoms. The van der Waals surface area contributed by atoms with Gasteiger partial charge in [0.1, 0.15) is 4.88 Å². The number of ether oxygens (including phenoxy) is 1. The predicted octanol–water partition coefficient (Wildman–Crippen LogP) is 3.05. The Balaban J connectivity index is 1.91. The van der Waals surface area contributed by atoms with Crippen LogP contribution in [-0.2, 0) is 9.53 Å². The first-order valence-corrected chi connectivity index (χ1v) is 7.47. The molecule has 0 saturated heterocycles. The van der Waals surface area contributed by atoms with Gasteiger partial charge in [-0.2, -0.15) is 0 Å². The number of ketones is 1. The van der Waals surface area contributed by atoms with Crippen molar-refractivity contribution in [3.05, 3.63) is 51.7 Å². The molecule has 1 N–H and O–H groups in total. The van der Waals surface area contributed by atoms with Gasteiger partial charge in [0, 0.05) is 11.3 Å². The van der Waals surface area contributed by atoms with Crippen LogP contribution in [-0.4, -0.2) is 24.3 Å². The lowest BCUT2D eigenvalue weighted by atomic mass is 10.1. The van der Waals surface area contributed by atoms with E-state index in [1.807, 2.05) is 6.07 Å². The molecule has 0 aliphatic carbocycles. The molecular formula is C16H15NO4S. The number of aryl methyl sites for hydroxylation is 1. The van der Waals surface area contributed by atoms with Crippen LogP contribution in [0.3, 0.4) is 0 Å². The molecule has 0 fully saturated rings. The molecule has 0 aliphatic rings. The summed E-state index contributed by atoms with van der Waals surface area (Å²) < 4.78 is 4.97. The van der Waals surface area contributed by atoms with Crippen LogP contribution in [0.4, 0.5) is 5.69 Å². The van der Waals surface area contributed by atoms with E-state index in [0.29, 0.717) is 16.1 Å². The highest BCUT2D eigenvalue weighted by Gasteiger charge is 2.14. The van der Waals surface area contributed by atoms with Gasteiger partial charge in [-0.25, -0.2) is 4.79 Å². The number of amides is 1. The van der Waals surface area contributed by atoms with Crippen molar-refractivity contribution in [2.75, 3.05) is 11.9 Å². The maximum absolute atomic E-state index is 11.8. The van der Waals surface area contributed by atoms with E-state index in [1.165, 1.54) is 18.3 Å². The van der Waals surface area contributed by atoms with Gasteiger partial charge >= 0.3 is 5.97 Å². The molecule has 0 radical (unpaired) electrons. The number of benzene rings is 1. The van der Waals surface area contributed by atoms with Gasteiger partial charge in [0.25, 0.3) is 5.91 Å². The Bertz CT molecular complexity index is 720. The van der Waals surface area contributed by atoms with E-state index < -0.39 is 11.9 Å². The molecular weight excluding hydrogens is 302 g/mol. The summed E-state index contributed by atoms with van der Waals surface area (Å²) in [5.41, 5.74) is 1.81. The smallest absolute Gasteiger partial charge is 0.349 e. The van der Waals surface area contributed by atoms with Gasteiger partial charge in [-0.05, 0) is 43.0 Å². The molecule has 5 nitrogen and oxygen atoms in total. The van der Waals surface area contributed by atoms with Crippen molar-refractivity contribution in [2.24, 2.45) is 0 Å². The summed E-state index contributed by atoms with van der Waals surface area (Å²) in [5, 5.41) is 4.38. The summed E-state index contributed by atoms with van der Waals surface area (Å²) >= 11 is 1.27. The van der Waals surface area contributed by atoms with Crippen molar-refractivity contribution in [3.63, 3.8) is 0 Å². The number of hydrogen-bond donors (Lipinski definition) is 1. The third kappa shape index (κ3) is 4.02. The summed E-state index contributed by atoms with van der Waals surface area (Å²) in [7, 11) is 0. The highest BCUT2D eigenvalue weighted by molar-refractivity contribution is 7.12. The van der Waals surface area contributed by atoms with Crippen molar-refractivity contribution in [2.45, 2.75) is 13.8 Å². The summed E-state index contributed by atoms with van der Waals surface area (Å²) in [6.45, 7) is 2.88. The van der Waals surface area contributed by atoms with E-state index in [9.17, 15) is 14.4 Å². The average molecular weight is 317 g/mol. The number of hydrogen-bond acceptors (Lipinski definition) is 5. The van der Waals surface area contributed by atoms with Crippen LogP contribution in [0.25, 0.3) is 0 Å². The minimum Gasteiger partial charge on any atom is -0.451 e. The topological polar surface area (TPSA) is 72.5 Å². The fourth-order valence-corrected chi connectivity index (χ4v) is 2.61. The van der Waals surface area contributed by atoms with Crippen molar-refractivity contribution < 1.29 is 19.1 Å². The minimum absolute atomic E-state index is 0.0873. The molecule has 22 heavy (non-hydrogen) atoms. The normalized spacial score (nSPS) is 10.1. The zero-order chi connectivity index (χ0) is 16.1. The molecule has 2 aromatic rings. The molecule has 1 aromatic heterocycles. The van der Waals surface area contributed by atoms with Gasteiger partial charge in [-0.3, -0.25) is 9.59 Å². The Hall–Kier alpha value is -2.47. The number of rotatable bonds is 5. The number of carbonyl (C=O) groups excluding carboxylic acids is 3. The molecule has 1 aromatic carbocycles. The van der Waals surface area contributed by atoms with Crippen LogP contribution in [0.2, 0.25) is 0 Å². The maximum Gasteiger partial charge on any atom is 0.349 e. The fraction of sp³-hybridized carbons (Fsp3) is 0.188. The monoisotopic (exact) mass is 317 g/mol. The van der Waals surface area contributed by atoms with Crippen LogP contribution >= 0.6 is 11.3 Å². The molecule has 0 saturated carbocycles.